The third-order valence-electron chi connectivity index (χ3n) is 2.77. The maximum Gasteiger partial charge on any atom is 0.258 e. The highest BCUT2D eigenvalue weighted by molar-refractivity contribution is 6.32. The van der Waals surface area contributed by atoms with Gasteiger partial charge in [-0.15, -0.1) is 0 Å². The van der Waals surface area contributed by atoms with E-state index in [-0.39, 0.29) is 18.6 Å². The zero-order chi connectivity index (χ0) is 15.2. The molecule has 2 rings (SSSR count). The molecule has 0 bridgehead atoms. The fourth-order valence-corrected chi connectivity index (χ4v) is 1.96. The summed E-state index contributed by atoms with van der Waals surface area (Å²) in [5, 5.41) is 11.8. The first-order valence-electron chi connectivity index (χ1n) is 6.25. The lowest BCUT2D eigenvalue weighted by atomic mass is 10.2. The largest absolute Gasteiger partial charge is 0.482 e. The molecule has 0 aliphatic carbocycles. The zero-order valence-electron chi connectivity index (χ0n) is 11.3. The summed E-state index contributed by atoms with van der Waals surface area (Å²) in [4.78, 5) is 11.8. The number of carbonyl (C=O) groups is 1. The fraction of sp³-hybridized carbons (Fsp3) is 0.200. The number of carbonyl (C=O) groups excluding carboxylic acids is 1. The van der Waals surface area contributed by atoms with Crippen molar-refractivity contribution in [2.45, 2.75) is 13.0 Å². The molecular formula is C15H13ClN2O3. The number of nitrogens with one attached hydrogen (secondary N) is 1. The van der Waals surface area contributed by atoms with Crippen molar-refractivity contribution in [2.75, 3.05) is 6.61 Å². The molecule has 1 aromatic heterocycles. The minimum Gasteiger partial charge on any atom is -0.482 e. The Morgan fingerprint density at radius 2 is 2.33 bits per heavy atom. The van der Waals surface area contributed by atoms with Gasteiger partial charge in [0.2, 0.25) is 0 Å². The van der Waals surface area contributed by atoms with E-state index < -0.39 is 0 Å². The highest BCUT2D eigenvalue weighted by Crippen LogP contribution is 2.25. The maximum atomic E-state index is 11.8. The van der Waals surface area contributed by atoms with Crippen LogP contribution >= 0.6 is 11.6 Å². The Hall–Kier alpha value is -2.45. The molecule has 1 heterocycles. The van der Waals surface area contributed by atoms with Gasteiger partial charge < -0.3 is 14.5 Å². The van der Waals surface area contributed by atoms with Crippen LogP contribution in [0.15, 0.2) is 41.0 Å². The number of rotatable bonds is 5. The normalized spacial score (nSPS) is 11.5. The van der Waals surface area contributed by atoms with Gasteiger partial charge in [0.1, 0.15) is 11.5 Å². The smallest absolute Gasteiger partial charge is 0.258 e. The van der Waals surface area contributed by atoms with E-state index in [2.05, 4.69) is 5.32 Å². The van der Waals surface area contributed by atoms with Crippen LogP contribution in [0.5, 0.6) is 5.75 Å². The zero-order valence-corrected chi connectivity index (χ0v) is 12.1. The topological polar surface area (TPSA) is 75.3 Å². The summed E-state index contributed by atoms with van der Waals surface area (Å²) in [6.45, 7) is 1.64. The van der Waals surface area contributed by atoms with Crippen LogP contribution in [0.25, 0.3) is 0 Å². The Bertz CT molecular complexity index is 662. The first kappa shape index (κ1) is 14.9. The Morgan fingerprint density at radius 1 is 1.52 bits per heavy atom. The molecule has 0 aliphatic heterocycles. The van der Waals surface area contributed by atoms with Gasteiger partial charge >= 0.3 is 0 Å². The lowest BCUT2D eigenvalue weighted by molar-refractivity contribution is -0.123. The van der Waals surface area contributed by atoms with E-state index >= 15 is 0 Å². The van der Waals surface area contributed by atoms with Crippen LogP contribution in [-0.4, -0.2) is 12.5 Å². The van der Waals surface area contributed by atoms with Gasteiger partial charge in [-0.3, -0.25) is 4.79 Å². The van der Waals surface area contributed by atoms with E-state index in [1.165, 1.54) is 6.07 Å². The number of ether oxygens (including phenoxy) is 1. The van der Waals surface area contributed by atoms with Crippen LogP contribution in [0.4, 0.5) is 0 Å². The number of hydrogen-bond acceptors (Lipinski definition) is 4. The predicted molar refractivity (Wildman–Crippen MR) is 76.9 cm³/mol. The summed E-state index contributed by atoms with van der Waals surface area (Å²) in [5.41, 5.74) is 0.434. The number of nitriles is 1. The van der Waals surface area contributed by atoms with Crippen LogP contribution in [0, 0.1) is 11.3 Å². The van der Waals surface area contributed by atoms with Gasteiger partial charge in [-0.1, -0.05) is 11.6 Å². The molecule has 0 saturated carbocycles. The van der Waals surface area contributed by atoms with Crippen LogP contribution in [-0.2, 0) is 4.79 Å². The second kappa shape index (κ2) is 6.82. The molecule has 6 heteroatoms. The van der Waals surface area contributed by atoms with Crippen molar-refractivity contribution in [3.63, 3.8) is 0 Å². The van der Waals surface area contributed by atoms with Gasteiger partial charge in [-0.2, -0.15) is 5.26 Å². The molecule has 1 unspecified atom stereocenters. The van der Waals surface area contributed by atoms with E-state index in [1.807, 2.05) is 13.0 Å². The predicted octanol–water partition coefficient (Wildman–Crippen LogP) is 3.06. The molecule has 0 fully saturated rings. The van der Waals surface area contributed by atoms with Gasteiger partial charge in [0, 0.05) is 0 Å². The number of benzene rings is 1. The summed E-state index contributed by atoms with van der Waals surface area (Å²) in [5.74, 6) is 0.732. The number of nitrogens with zero attached hydrogens (tertiary/aromatic N) is 1. The second-order valence-corrected chi connectivity index (χ2v) is 4.76. The molecule has 1 atom stereocenters. The van der Waals surface area contributed by atoms with E-state index in [4.69, 9.17) is 26.0 Å². The highest BCUT2D eigenvalue weighted by atomic mass is 35.5. The molecule has 1 N–H and O–H groups in total. The van der Waals surface area contributed by atoms with Gasteiger partial charge in [-0.05, 0) is 37.3 Å². The molecule has 0 spiro atoms. The lowest BCUT2D eigenvalue weighted by Gasteiger charge is -2.12. The third-order valence-corrected chi connectivity index (χ3v) is 3.06. The van der Waals surface area contributed by atoms with Crippen molar-refractivity contribution >= 4 is 17.5 Å². The van der Waals surface area contributed by atoms with Gasteiger partial charge in [0.25, 0.3) is 5.91 Å². The molecule has 5 nitrogen and oxygen atoms in total. The summed E-state index contributed by atoms with van der Waals surface area (Å²) >= 11 is 5.96. The number of halogens is 1. The average molecular weight is 305 g/mol. The van der Waals surface area contributed by atoms with E-state index in [0.717, 1.165) is 0 Å². The Morgan fingerprint density at radius 3 is 2.95 bits per heavy atom. The minimum atomic E-state index is -0.292. The van der Waals surface area contributed by atoms with E-state index in [1.54, 1.807) is 30.5 Å². The molecule has 1 amide bonds. The molecule has 0 radical (unpaired) electrons. The molecule has 0 aliphatic rings. The van der Waals surface area contributed by atoms with Crippen molar-refractivity contribution in [3.05, 3.63) is 52.9 Å². The van der Waals surface area contributed by atoms with Crippen molar-refractivity contribution in [1.29, 1.82) is 5.26 Å². The standard InChI is InChI=1S/C15H13ClN2O3/c1-10(13-3-2-6-20-13)18-15(19)9-21-14-5-4-11(8-17)7-12(14)16/h2-7,10H,9H2,1H3,(H,18,19). The quantitative estimate of drug-likeness (QED) is 0.921. The number of furan rings is 1. The number of amides is 1. The van der Waals surface area contributed by atoms with Crippen LogP contribution in [0.2, 0.25) is 5.02 Å². The minimum absolute atomic E-state index is 0.170. The van der Waals surface area contributed by atoms with E-state index in [9.17, 15) is 4.79 Å². The highest BCUT2D eigenvalue weighted by Gasteiger charge is 2.13. The van der Waals surface area contributed by atoms with Gasteiger partial charge in [0.15, 0.2) is 6.61 Å². The maximum absolute atomic E-state index is 11.8. The van der Waals surface area contributed by atoms with Crippen molar-refractivity contribution in [3.8, 4) is 11.8 Å². The summed E-state index contributed by atoms with van der Waals surface area (Å²) in [6.07, 6.45) is 1.55. The molecule has 2 aromatic rings. The number of hydrogen-bond donors (Lipinski definition) is 1. The van der Waals surface area contributed by atoms with Crippen LogP contribution in [0.1, 0.15) is 24.3 Å². The second-order valence-electron chi connectivity index (χ2n) is 4.35. The fourth-order valence-electron chi connectivity index (χ4n) is 1.72. The Balaban J connectivity index is 1.88. The van der Waals surface area contributed by atoms with Gasteiger partial charge in [0.05, 0.1) is 29.0 Å². The van der Waals surface area contributed by atoms with Crippen molar-refractivity contribution < 1.29 is 13.9 Å². The first-order chi connectivity index (χ1) is 10.1. The SMILES string of the molecule is CC(NC(=O)COc1ccc(C#N)cc1Cl)c1ccco1. The lowest BCUT2D eigenvalue weighted by Crippen LogP contribution is -2.31. The van der Waals surface area contributed by atoms with Gasteiger partial charge in [-0.25, -0.2) is 0 Å². The van der Waals surface area contributed by atoms with Crippen molar-refractivity contribution in [1.82, 2.24) is 5.32 Å². The molecule has 1 aromatic carbocycles. The van der Waals surface area contributed by atoms with Crippen molar-refractivity contribution in [2.24, 2.45) is 0 Å². The van der Waals surface area contributed by atoms with E-state index in [0.29, 0.717) is 22.1 Å². The third kappa shape index (κ3) is 4.01. The monoisotopic (exact) mass is 304 g/mol. The van der Waals surface area contributed by atoms with Crippen LogP contribution < -0.4 is 10.1 Å². The van der Waals surface area contributed by atoms with Crippen LogP contribution in [0.3, 0.4) is 0 Å². The molecular weight excluding hydrogens is 292 g/mol. The molecule has 108 valence electrons. The summed E-state index contributed by atoms with van der Waals surface area (Å²) in [7, 11) is 0. The summed E-state index contributed by atoms with van der Waals surface area (Å²) < 4.78 is 10.5. The first-order valence-corrected chi connectivity index (χ1v) is 6.63. The Labute approximate surface area is 127 Å². The molecule has 21 heavy (non-hydrogen) atoms. The summed E-state index contributed by atoms with van der Waals surface area (Å²) in [6, 6.07) is 9.88. The average Bonchev–Trinajstić information content (AvgIpc) is 3.00. The molecule has 0 saturated heterocycles. The Kier molecular flexibility index (Phi) is 4.85.